The standard InChI is InChI=1S/C14H21N3OS/c1-8(2)17-11(12(15)16-13(17)18)9-6-7-10(19-9)14(3,4)5/h6-8,11H,1-5H3,(H2,15,16,18). The van der Waals surface area contributed by atoms with Gasteiger partial charge in [0.25, 0.3) is 0 Å². The van der Waals surface area contributed by atoms with Crippen LogP contribution in [0, 0.1) is 5.41 Å². The Hall–Kier alpha value is -1.36. The Morgan fingerprint density at radius 3 is 2.47 bits per heavy atom. The third kappa shape index (κ3) is 2.52. The molecule has 19 heavy (non-hydrogen) atoms. The molecule has 1 saturated heterocycles. The number of nitrogens with one attached hydrogen (secondary N) is 2. The maximum Gasteiger partial charge on any atom is 0.323 e. The van der Waals surface area contributed by atoms with Crippen molar-refractivity contribution < 1.29 is 4.79 Å². The Balaban J connectivity index is 2.37. The number of urea groups is 1. The summed E-state index contributed by atoms with van der Waals surface area (Å²) >= 11 is 1.69. The maximum atomic E-state index is 11.9. The summed E-state index contributed by atoms with van der Waals surface area (Å²) in [6.07, 6.45) is 0. The van der Waals surface area contributed by atoms with Crippen LogP contribution in [0.15, 0.2) is 12.1 Å². The van der Waals surface area contributed by atoms with E-state index in [0.29, 0.717) is 0 Å². The first kappa shape index (κ1) is 14.1. The van der Waals surface area contributed by atoms with Crippen LogP contribution in [0.1, 0.15) is 50.4 Å². The molecule has 2 N–H and O–H groups in total. The molecule has 2 amide bonds. The smallest absolute Gasteiger partial charge is 0.307 e. The van der Waals surface area contributed by atoms with E-state index >= 15 is 0 Å². The molecular weight excluding hydrogens is 258 g/mol. The lowest BCUT2D eigenvalue weighted by Crippen LogP contribution is -2.35. The average molecular weight is 279 g/mol. The number of hydrogen-bond donors (Lipinski definition) is 2. The summed E-state index contributed by atoms with van der Waals surface area (Å²) in [6, 6.07) is 3.80. The van der Waals surface area contributed by atoms with Gasteiger partial charge in [-0.15, -0.1) is 11.3 Å². The fourth-order valence-corrected chi connectivity index (χ4v) is 3.39. The van der Waals surface area contributed by atoms with Gasteiger partial charge in [-0.25, -0.2) is 4.79 Å². The normalized spacial score (nSPS) is 20.3. The van der Waals surface area contributed by atoms with Crippen LogP contribution in [0.4, 0.5) is 4.79 Å². The van der Waals surface area contributed by atoms with Gasteiger partial charge in [-0.1, -0.05) is 20.8 Å². The Morgan fingerprint density at radius 1 is 1.37 bits per heavy atom. The molecule has 104 valence electrons. The topological polar surface area (TPSA) is 56.2 Å². The van der Waals surface area contributed by atoms with E-state index in [9.17, 15) is 4.79 Å². The minimum atomic E-state index is -0.256. The molecule has 4 nitrogen and oxygen atoms in total. The van der Waals surface area contributed by atoms with Crippen molar-refractivity contribution in [1.29, 1.82) is 5.41 Å². The third-order valence-electron chi connectivity index (χ3n) is 3.22. The highest BCUT2D eigenvalue weighted by Gasteiger charge is 2.39. The highest BCUT2D eigenvalue weighted by atomic mass is 32.1. The minimum Gasteiger partial charge on any atom is -0.307 e. The first-order valence-electron chi connectivity index (χ1n) is 6.50. The molecular formula is C14H21N3OS. The number of amides is 2. The van der Waals surface area contributed by atoms with Gasteiger partial charge in [-0.2, -0.15) is 0 Å². The summed E-state index contributed by atoms with van der Waals surface area (Å²) in [5, 5.41) is 10.6. The molecule has 1 unspecified atom stereocenters. The van der Waals surface area contributed by atoms with Crippen molar-refractivity contribution in [2.24, 2.45) is 0 Å². The summed E-state index contributed by atoms with van der Waals surface area (Å²) < 4.78 is 0. The van der Waals surface area contributed by atoms with E-state index in [2.05, 4.69) is 32.2 Å². The molecule has 0 aromatic carbocycles. The molecule has 1 fully saturated rings. The summed E-state index contributed by atoms with van der Waals surface area (Å²) in [5.41, 5.74) is 0.101. The molecule has 0 radical (unpaired) electrons. The number of amidine groups is 1. The van der Waals surface area contributed by atoms with Crippen LogP contribution in [0.3, 0.4) is 0 Å². The molecule has 0 bridgehead atoms. The van der Waals surface area contributed by atoms with Crippen LogP contribution in [0.5, 0.6) is 0 Å². The number of nitrogens with zero attached hydrogens (tertiary/aromatic N) is 1. The van der Waals surface area contributed by atoms with Crippen molar-refractivity contribution >= 4 is 23.2 Å². The van der Waals surface area contributed by atoms with Crippen molar-refractivity contribution in [3.8, 4) is 0 Å². The number of hydrogen-bond acceptors (Lipinski definition) is 3. The highest BCUT2D eigenvalue weighted by Crippen LogP contribution is 2.36. The van der Waals surface area contributed by atoms with Gasteiger partial charge >= 0.3 is 6.03 Å². The quantitative estimate of drug-likeness (QED) is 0.855. The molecule has 1 atom stereocenters. The summed E-state index contributed by atoms with van der Waals surface area (Å²) in [4.78, 5) is 16.0. The summed E-state index contributed by atoms with van der Waals surface area (Å²) in [7, 11) is 0. The van der Waals surface area contributed by atoms with Gasteiger partial charge in [0.05, 0.1) is 0 Å². The molecule has 0 saturated carbocycles. The van der Waals surface area contributed by atoms with Crippen molar-refractivity contribution in [3.63, 3.8) is 0 Å². The van der Waals surface area contributed by atoms with E-state index in [1.807, 2.05) is 19.9 Å². The van der Waals surface area contributed by atoms with Crippen molar-refractivity contribution in [2.75, 3.05) is 0 Å². The van der Waals surface area contributed by atoms with E-state index in [1.54, 1.807) is 16.2 Å². The Kier molecular flexibility index (Phi) is 3.43. The van der Waals surface area contributed by atoms with E-state index in [-0.39, 0.29) is 29.4 Å². The van der Waals surface area contributed by atoms with Crippen molar-refractivity contribution in [3.05, 3.63) is 21.9 Å². The van der Waals surface area contributed by atoms with E-state index in [4.69, 9.17) is 5.41 Å². The molecule has 1 aromatic rings. The van der Waals surface area contributed by atoms with Crippen LogP contribution in [-0.2, 0) is 5.41 Å². The average Bonchev–Trinajstić information content (AvgIpc) is 2.81. The number of rotatable bonds is 2. The zero-order valence-electron chi connectivity index (χ0n) is 12.1. The van der Waals surface area contributed by atoms with Crippen LogP contribution < -0.4 is 5.32 Å². The summed E-state index contributed by atoms with van der Waals surface area (Å²) in [5.74, 6) is 0.279. The predicted octanol–water partition coefficient (Wildman–Crippen LogP) is 3.50. The predicted molar refractivity (Wildman–Crippen MR) is 79.0 cm³/mol. The molecule has 0 spiro atoms. The minimum absolute atomic E-state index is 0.0769. The Labute approximate surface area is 118 Å². The largest absolute Gasteiger partial charge is 0.323 e. The second kappa shape index (κ2) is 4.63. The lowest BCUT2D eigenvalue weighted by molar-refractivity contribution is 0.191. The highest BCUT2D eigenvalue weighted by molar-refractivity contribution is 7.12. The van der Waals surface area contributed by atoms with Gasteiger partial charge < -0.3 is 4.90 Å². The van der Waals surface area contributed by atoms with Gasteiger partial charge in [-0.05, 0) is 31.4 Å². The lowest BCUT2D eigenvalue weighted by Gasteiger charge is -2.25. The molecule has 5 heteroatoms. The van der Waals surface area contributed by atoms with Gasteiger partial charge in [0.15, 0.2) is 0 Å². The van der Waals surface area contributed by atoms with Gasteiger partial charge in [0.1, 0.15) is 11.9 Å². The van der Waals surface area contributed by atoms with Gasteiger partial charge in [0, 0.05) is 15.8 Å². The fourth-order valence-electron chi connectivity index (χ4n) is 2.22. The number of carbonyl (C=O) groups excluding carboxylic acids is 1. The second-order valence-electron chi connectivity index (χ2n) is 6.20. The van der Waals surface area contributed by atoms with Crippen LogP contribution >= 0.6 is 11.3 Å². The number of carbonyl (C=O) groups is 1. The zero-order valence-corrected chi connectivity index (χ0v) is 12.9. The molecule has 2 rings (SSSR count). The fraction of sp³-hybridized carbons (Fsp3) is 0.571. The van der Waals surface area contributed by atoms with Crippen molar-refractivity contribution in [1.82, 2.24) is 10.2 Å². The van der Waals surface area contributed by atoms with Crippen LogP contribution in [0.25, 0.3) is 0 Å². The van der Waals surface area contributed by atoms with E-state index in [0.717, 1.165) is 4.88 Å². The molecule has 1 aliphatic rings. The van der Waals surface area contributed by atoms with Crippen molar-refractivity contribution in [2.45, 2.75) is 52.1 Å². The molecule has 1 aliphatic heterocycles. The molecule has 2 heterocycles. The third-order valence-corrected chi connectivity index (χ3v) is 4.78. The Bertz CT molecular complexity index is 513. The Morgan fingerprint density at radius 2 is 2.00 bits per heavy atom. The zero-order chi connectivity index (χ0) is 14.4. The first-order chi connectivity index (χ1) is 8.71. The monoisotopic (exact) mass is 279 g/mol. The van der Waals surface area contributed by atoms with Gasteiger partial charge in [0.2, 0.25) is 0 Å². The summed E-state index contributed by atoms with van der Waals surface area (Å²) in [6.45, 7) is 10.5. The molecule has 1 aromatic heterocycles. The maximum absolute atomic E-state index is 11.9. The van der Waals surface area contributed by atoms with Crippen LogP contribution in [-0.4, -0.2) is 22.8 Å². The van der Waals surface area contributed by atoms with E-state index in [1.165, 1.54) is 4.88 Å². The first-order valence-corrected chi connectivity index (χ1v) is 7.31. The molecule has 0 aliphatic carbocycles. The van der Waals surface area contributed by atoms with Gasteiger partial charge in [-0.3, -0.25) is 10.7 Å². The SMILES string of the molecule is CC(C)N1C(=O)NC(=N)C1c1ccc(C(C)(C)C)s1. The van der Waals surface area contributed by atoms with E-state index < -0.39 is 0 Å². The lowest BCUT2D eigenvalue weighted by atomic mass is 9.95. The second-order valence-corrected chi connectivity index (χ2v) is 7.31. The van der Waals surface area contributed by atoms with Crippen LogP contribution in [0.2, 0.25) is 0 Å². The number of thiophene rings is 1.